The van der Waals surface area contributed by atoms with Crippen LogP contribution < -0.4 is 4.74 Å². The van der Waals surface area contributed by atoms with Gasteiger partial charge in [-0.3, -0.25) is 20.2 Å². The van der Waals surface area contributed by atoms with Crippen molar-refractivity contribution in [3.05, 3.63) is 61.4 Å². The highest BCUT2D eigenvalue weighted by Crippen LogP contribution is 2.40. The SMILES string of the molecule is COc1cc(C)ccc1N=Nc1c(F)c([N+](=O)[O-])c(F)c([N+](=O)[O-])c1F. The van der Waals surface area contributed by atoms with Crippen molar-refractivity contribution in [2.75, 3.05) is 7.11 Å². The fourth-order valence-electron chi connectivity index (χ4n) is 2.01. The van der Waals surface area contributed by atoms with Gasteiger partial charge in [-0.1, -0.05) is 6.07 Å². The molecule has 0 spiro atoms. The van der Waals surface area contributed by atoms with Crippen molar-refractivity contribution in [2.45, 2.75) is 6.92 Å². The maximum atomic E-state index is 14.1. The van der Waals surface area contributed by atoms with Gasteiger partial charge in [0.25, 0.3) is 5.82 Å². The highest BCUT2D eigenvalue weighted by molar-refractivity contribution is 5.61. The van der Waals surface area contributed by atoms with Gasteiger partial charge < -0.3 is 4.74 Å². The van der Waals surface area contributed by atoms with Crippen molar-refractivity contribution >= 4 is 22.7 Å². The van der Waals surface area contributed by atoms with Crippen LogP contribution in [0.15, 0.2) is 28.4 Å². The van der Waals surface area contributed by atoms with E-state index in [2.05, 4.69) is 10.2 Å². The van der Waals surface area contributed by atoms with Crippen LogP contribution in [0.25, 0.3) is 0 Å². The van der Waals surface area contributed by atoms with E-state index in [0.29, 0.717) is 0 Å². The lowest BCUT2D eigenvalue weighted by molar-refractivity contribution is -0.402. The highest BCUT2D eigenvalue weighted by Gasteiger charge is 2.39. The summed E-state index contributed by atoms with van der Waals surface area (Å²) in [7, 11) is 1.29. The lowest BCUT2D eigenvalue weighted by atomic mass is 10.2. The van der Waals surface area contributed by atoms with Crippen LogP contribution in [0.3, 0.4) is 0 Å². The number of benzene rings is 2. The molecule has 0 radical (unpaired) electrons. The van der Waals surface area contributed by atoms with Gasteiger partial charge >= 0.3 is 11.4 Å². The molecule has 0 bridgehead atoms. The van der Waals surface area contributed by atoms with Gasteiger partial charge in [-0.2, -0.15) is 13.2 Å². The molecule has 0 saturated carbocycles. The Labute approximate surface area is 143 Å². The Morgan fingerprint density at radius 2 is 1.50 bits per heavy atom. The molecule has 0 aromatic heterocycles. The minimum Gasteiger partial charge on any atom is -0.494 e. The number of ether oxygens (including phenoxy) is 1. The summed E-state index contributed by atoms with van der Waals surface area (Å²) in [4.78, 5) is 18.5. The maximum Gasteiger partial charge on any atom is 0.349 e. The third kappa shape index (κ3) is 3.29. The van der Waals surface area contributed by atoms with Crippen LogP contribution in [-0.4, -0.2) is 17.0 Å². The summed E-state index contributed by atoms with van der Waals surface area (Å²) in [6.45, 7) is 1.73. The molecular weight excluding hydrogens is 361 g/mol. The molecule has 0 N–H and O–H groups in total. The molecule has 2 rings (SSSR count). The van der Waals surface area contributed by atoms with E-state index in [0.717, 1.165) is 5.56 Å². The van der Waals surface area contributed by atoms with Gasteiger partial charge in [-0.15, -0.1) is 10.2 Å². The monoisotopic (exact) mass is 370 g/mol. The standard InChI is InChI=1S/C14H9F3N4O5/c1-6-3-4-7(8(5-6)26-2)18-19-12-9(15)13(20(22)23)11(17)14(10(12)16)21(24)25/h3-5H,1-2H3. The van der Waals surface area contributed by atoms with E-state index in [-0.39, 0.29) is 11.4 Å². The Bertz CT molecular complexity index is 908. The van der Waals surface area contributed by atoms with Crippen LogP contribution >= 0.6 is 0 Å². The lowest BCUT2D eigenvalue weighted by Crippen LogP contribution is -2.05. The van der Waals surface area contributed by atoms with Gasteiger partial charge in [0.1, 0.15) is 11.4 Å². The summed E-state index contributed by atoms with van der Waals surface area (Å²) in [5, 5.41) is 28.2. The second kappa shape index (κ2) is 7.13. The Morgan fingerprint density at radius 3 is 1.96 bits per heavy atom. The summed E-state index contributed by atoms with van der Waals surface area (Å²) in [5.74, 6) is -6.13. The zero-order valence-electron chi connectivity index (χ0n) is 13.2. The van der Waals surface area contributed by atoms with Gasteiger partial charge in [0, 0.05) is 0 Å². The molecule has 0 unspecified atom stereocenters. The van der Waals surface area contributed by atoms with Crippen LogP contribution in [0.5, 0.6) is 5.75 Å². The van der Waals surface area contributed by atoms with Gasteiger partial charge in [0.2, 0.25) is 11.6 Å². The first kappa shape index (κ1) is 18.8. The molecule has 0 aliphatic heterocycles. The smallest absolute Gasteiger partial charge is 0.349 e. The zero-order valence-corrected chi connectivity index (χ0v) is 13.2. The topological polar surface area (TPSA) is 120 Å². The molecular formula is C14H9F3N4O5. The predicted molar refractivity (Wildman–Crippen MR) is 81.5 cm³/mol. The Balaban J connectivity index is 2.70. The van der Waals surface area contributed by atoms with Crippen LogP contribution in [0.4, 0.5) is 35.9 Å². The van der Waals surface area contributed by atoms with Gasteiger partial charge in [0.15, 0.2) is 5.69 Å². The third-order valence-corrected chi connectivity index (χ3v) is 3.21. The first-order valence-corrected chi connectivity index (χ1v) is 6.74. The minimum atomic E-state index is -2.25. The van der Waals surface area contributed by atoms with E-state index in [4.69, 9.17) is 4.74 Å². The molecule has 0 fully saturated rings. The first-order valence-electron chi connectivity index (χ1n) is 6.74. The molecule has 0 heterocycles. The number of aryl methyl sites for hydroxylation is 1. The van der Waals surface area contributed by atoms with Gasteiger partial charge in [-0.25, -0.2) is 0 Å². The fourth-order valence-corrected chi connectivity index (χ4v) is 2.01. The van der Waals surface area contributed by atoms with E-state index in [9.17, 15) is 33.4 Å². The van der Waals surface area contributed by atoms with Gasteiger partial charge in [-0.05, 0) is 24.6 Å². The highest BCUT2D eigenvalue weighted by atomic mass is 19.1. The number of halogens is 3. The summed E-state index contributed by atoms with van der Waals surface area (Å²) >= 11 is 0. The van der Waals surface area contributed by atoms with Crippen LogP contribution in [0, 0.1) is 44.6 Å². The zero-order chi connectivity index (χ0) is 19.6. The van der Waals surface area contributed by atoms with Crippen LogP contribution in [0.1, 0.15) is 5.56 Å². The van der Waals surface area contributed by atoms with Gasteiger partial charge in [0.05, 0.1) is 17.0 Å². The Hall–Kier alpha value is -3.57. The average molecular weight is 370 g/mol. The van der Waals surface area contributed by atoms with E-state index in [1.54, 1.807) is 13.0 Å². The molecule has 136 valence electrons. The number of rotatable bonds is 5. The number of nitrogens with zero attached hydrogens (tertiary/aromatic N) is 4. The number of hydrogen-bond acceptors (Lipinski definition) is 7. The van der Waals surface area contributed by atoms with Crippen molar-refractivity contribution in [1.29, 1.82) is 0 Å². The second-order valence-electron chi connectivity index (χ2n) is 4.88. The molecule has 9 nitrogen and oxygen atoms in total. The largest absolute Gasteiger partial charge is 0.494 e. The second-order valence-corrected chi connectivity index (χ2v) is 4.88. The molecule has 2 aromatic rings. The molecule has 0 aliphatic rings. The van der Waals surface area contributed by atoms with Crippen molar-refractivity contribution in [3.63, 3.8) is 0 Å². The number of nitro benzene ring substituents is 2. The van der Waals surface area contributed by atoms with Crippen molar-refractivity contribution < 1.29 is 27.8 Å². The predicted octanol–water partition coefficient (Wildman–Crippen LogP) is 4.65. The Kier molecular flexibility index (Phi) is 5.14. The molecule has 12 heteroatoms. The van der Waals surface area contributed by atoms with E-state index < -0.39 is 44.4 Å². The molecule has 26 heavy (non-hydrogen) atoms. The summed E-state index contributed by atoms with van der Waals surface area (Å²) in [6.07, 6.45) is 0. The van der Waals surface area contributed by atoms with Crippen LogP contribution in [0.2, 0.25) is 0 Å². The summed E-state index contributed by atoms with van der Waals surface area (Å²) < 4.78 is 47.0. The lowest BCUT2D eigenvalue weighted by Gasteiger charge is -2.05. The number of azo groups is 1. The summed E-state index contributed by atoms with van der Waals surface area (Å²) in [6, 6.07) is 4.47. The number of hydrogen-bond donors (Lipinski definition) is 0. The normalized spacial score (nSPS) is 11.0. The first-order chi connectivity index (χ1) is 12.2. The molecule has 2 aromatic carbocycles. The molecule has 0 saturated heterocycles. The van der Waals surface area contributed by atoms with Crippen molar-refractivity contribution in [2.24, 2.45) is 10.2 Å². The fraction of sp³-hybridized carbons (Fsp3) is 0.143. The summed E-state index contributed by atoms with van der Waals surface area (Å²) in [5.41, 5.74) is -4.50. The maximum absolute atomic E-state index is 14.1. The van der Waals surface area contributed by atoms with E-state index in [1.165, 1.54) is 19.2 Å². The molecule has 0 aliphatic carbocycles. The Morgan fingerprint density at radius 1 is 0.962 bits per heavy atom. The van der Waals surface area contributed by atoms with Crippen molar-refractivity contribution in [1.82, 2.24) is 0 Å². The molecule has 0 atom stereocenters. The van der Waals surface area contributed by atoms with Crippen LogP contribution in [-0.2, 0) is 0 Å². The quantitative estimate of drug-likeness (QED) is 0.431. The van der Waals surface area contributed by atoms with E-state index >= 15 is 0 Å². The molecule has 0 amide bonds. The van der Waals surface area contributed by atoms with Crippen molar-refractivity contribution in [3.8, 4) is 5.75 Å². The number of methoxy groups -OCH3 is 1. The number of nitro groups is 2. The van der Waals surface area contributed by atoms with E-state index in [1.807, 2.05) is 0 Å². The minimum absolute atomic E-state index is 0.00784. The average Bonchev–Trinajstić information content (AvgIpc) is 2.54. The third-order valence-electron chi connectivity index (χ3n) is 3.21.